The molecule has 0 aromatic heterocycles. The molecule has 1 fully saturated rings. The Bertz CT molecular complexity index is 485. The van der Waals surface area contributed by atoms with Crippen LogP contribution < -0.4 is 16.4 Å². The van der Waals surface area contributed by atoms with Gasteiger partial charge in [0.2, 0.25) is 0 Å². The second-order valence-electron chi connectivity index (χ2n) is 4.29. The average molecular weight is 316 g/mol. The fraction of sp³-hybridized carbons (Fsp3) is 0.364. The van der Waals surface area contributed by atoms with Crippen molar-refractivity contribution in [1.29, 1.82) is 0 Å². The number of primary amides is 1. The standard InChI is InChI=1S/C11H14BrN3O3/c12-6-2-7(13)5(11(14)18)1-8(6)15-3-9(16)10(17)4-15/h1-2,9-10,16-17H,3-4,13H2,(H2,14,18). The Morgan fingerprint density at radius 1 is 1.33 bits per heavy atom. The maximum absolute atomic E-state index is 11.2. The molecule has 2 unspecified atom stereocenters. The summed E-state index contributed by atoms with van der Waals surface area (Å²) >= 11 is 3.34. The summed E-state index contributed by atoms with van der Waals surface area (Å²) in [6.07, 6.45) is -1.60. The summed E-state index contributed by atoms with van der Waals surface area (Å²) in [6, 6.07) is 3.15. The fourth-order valence-corrected chi connectivity index (χ4v) is 2.61. The van der Waals surface area contributed by atoms with E-state index in [0.717, 1.165) is 0 Å². The highest BCUT2D eigenvalue weighted by molar-refractivity contribution is 9.10. The molecule has 1 saturated heterocycles. The number of hydrogen-bond acceptors (Lipinski definition) is 5. The van der Waals surface area contributed by atoms with Crippen LogP contribution in [0.2, 0.25) is 0 Å². The lowest BCUT2D eigenvalue weighted by Gasteiger charge is -2.20. The van der Waals surface area contributed by atoms with Crippen LogP contribution in [-0.2, 0) is 0 Å². The zero-order valence-corrected chi connectivity index (χ0v) is 11.1. The van der Waals surface area contributed by atoms with Crippen LogP contribution in [0.5, 0.6) is 0 Å². The maximum Gasteiger partial charge on any atom is 0.250 e. The summed E-state index contributed by atoms with van der Waals surface area (Å²) in [5, 5.41) is 19.1. The quantitative estimate of drug-likeness (QED) is 0.558. The molecule has 2 rings (SSSR count). The van der Waals surface area contributed by atoms with Crippen LogP contribution in [0.4, 0.5) is 11.4 Å². The Morgan fingerprint density at radius 3 is 2.39 bits per heavy atom. The van der Waals surface area contributed by atoms with Crippen LogP contribution in [-0.4, -0.2) is 41.4 Å². The highest BCUT2D eigenvalue weighted by Gasteiger charge is 2.31. The number of aliphatic hydroxyl groups is 2. The molecule has 0 saturated carbocycles. The van der Waals surface area contributed by atoms with Crippen molar-refractivity contribution in [2.24, 2.45) is 5.73 Å². The molecule has 1 aliphatic rings. The molecule has 0 aliphatic carbocycles. The first kappa shape index (κ1) is 13.1. The number of hydrogen-bond donors (Lipinski definition) is 4. The molecular formula is C11H14BrN3O3. The average Bonchev–Trinajstić information content (AvgIpc) is 2.58. The highest BCUT2D eigenvalue weighted by Crippen LogP contribution is 2.33. The molecule has 1 aliphatic heterocycles. The molecule has 6 N–H and O–H groups in total. The zero-order chi connectivity index (χ0) is 13.4. The molecule has 1 aromatic rings. The second-order valence-corrected chi connectivity index (χ2v) is 5.15. The van der Waals surface area contributed by atoms with Gasteiger partial charge in [0.25, 0.3) is 5.91 Å². The number of nitrogen functional groups attached to an aromatic ring is 1. The first-order valence-electron chi connectivity index (χ1n) is 5.40. The molecular weight excluding hydrogens is 302 g/mol. The smallest absolute Gasteiger partial charge is 0.250 e. The van der Waals surface area contributed by atoms with Crippen molar-refractivity contribution < 1.29 is 15.0 Å². The minimum atomic E-state index is -0.800. The molecule has 7 heteroatoms. The number of rotatable bonds is 2. The topological polar surface area (TPSA) is 113 Å². The molecule has 18 heavy (non-hydrogen) atoms. The van der Waals surface area contributed by atoms with Gasteiger partial charge in [0.15, 0.2) is 0 Å². The highest BCUT2D eigenvalue weighted by atomic mass is 79.9. The van der Waals surface area contributed by atoms with Gasteiger partial charge in [0.1, 0.15) is 0 Å². The van der Waals surface area contributed by atoms with Crippen LogP contribution in [0, 0.1) is 0 Å². The molecule has 98 valence electrons. The van der Waals surface area contributed by atoms with Crippen molar-refractivity contribution in [2.75, 3.05) is 23.7 Å². The van der Waals surface area contributed by atoms with Gasteiger partial charge >= 0.3 is 0 Å². The van der Waals surface area contributed by atoms with E-state index in [0.29, 0.717) is 28.9 Å². The molecule has 1 aromatic carbocycles. The summed E-state index contributed by atoms with van der Waals surface area (Å²) < 4.78 is 0.686. The second kappa shape index (κ2) is 4.75. The number of amides is 1. The van der Waals surface area contributed by atoms with Crippen molar-refractivity contribution in [2.45, 2.75) is 12.2 Å². The minimum Gasteiger partial charge on any atom is -0.398 e. The van der Waals surface area contributed by atoms with E-state index in [1.807, 2.05) is 0 Å². The number of β-amino-alcohol motifs (C(OH)–C–C–N with tert-alkyl or cyclic N) is 2. The first-order chi connectivity index (χ1) is 8.40. The van der Waals surface area contributed by atoms with Crippen molar-refractivity contribution in [3.8, 4) is 0 Å². The number of aliphatic hydroxyl groups excluding tert-OH is 2. The van der Waals surface area contributed by atoms with Crippen molar-refractivity contribution >= 4 is 33.2 Å². The van der Waals surface area contributed by atoms with E-state index in [9.17, 15) is 15.0 Å². The van der Waals surface area contributed by atoms with E-state index >= 15 is 0 Å². The summed E-state index contributed by atoms with van der Waals surface area (Å²) in [7, 11) is 0. The molecule has 6 nitrogen and oxygen atoms in total. The SMILES string of the molecule is NC(=O)c1cc(N2CC(O)C(O)C2)c(Br)cc1N. The van der Waals surface area contributed by atoms with E-state index in [2.05, 4.69) is 15.9 Å². The van der Waals surface area contributed by atoms with E-state index in [-0.39, 0.29) is 5.56 Å². The van der Waals surface area contributed by atoms with Crippen LogP contribution in [0.25, 0.3) is 0 Å². The number of nitrogens with zero attached hydrogens (tertiary/aromatic N) is 1. The predicted molar refractivity (Wildman–Crippen MR) is 71.3 cm³/mol. The first-order valence-corrected chi connectivity index (χ1v) is 6.19. The van der Waals surface area contributed by atoms with Crippen molar-refractivity contribution in [3.05, 3.63) is 22.2 Å². The summed E-state index contributed by atoms with van der Waals surface area (Å²) in [5.74, 6) is -0.610. The molecule has 0 bridgehead atoms. The molecule has 1 amide bonds. The van der Waals surface area contributed by atoms with Crippen molar-refractivity contribution in [1.82, 2.24) is 0 Å². The van der Waals surface area contributed by atoms with E-state index < -0.39 is 18.1 Å². The lowest BCUT2D eigenvalue weighted by atomic mass is 10.1. The summed E-state index contributed by atoms with van der Waals surface area (Å²) in [6.45, 7) is 0.587. The maximum atomic E-state index is 11.2. The Balaban J connectivity index is 2.39. The Labute approximate surface area is 112 Å². The van der Waals surface area contributed by atoms with Gasteiger partial charge < -0.3 is 26.6 Å². The van der Waals surface area contributed by atoms with Crippen LogP contribution in [0.1, 0.15) is 10.4 Å². The third-order valence-electron chi connectivity index (χ3n) is 2.98. The van der Waals surface area contributed by atoms with Gasteiger partial charge in [-0.2, -0.15) is 0 Å². The van der Waals surface area contributed by atoms with E-state index in [4.69, 9.17) is 11.5 Å². The minimum absolute atomic E-state index is 0.226. The van der Waals surface area contributed by atoms with Gasteiger partial charge in [-0.25, -0.2) is 0 Å². The normalized spacial score (nSPS) is 23.4. The molecule has 1 heterocycles. The van der Waals surface area contributed by atoms with Gasteiger partial charge in [0.05, 0.1) is 23.5 Å². The van der Waals surface area contributed by atoms with E-state index in [1.54, 1.807) is 17.0 Å². The number of nitrogens with two attached hydrogens (primary N) is 2. The van der Waals surface area contributed by atoms with Gasteiger partial charge in [-0.05, 0) is 28.1 Å². The number of anilines is 2. The lowest BCUT2D eigenvalue weighted by molar-refractivity contribution is 0.0572. The van der Waals surface area contributed by atoms with Crippen LogP contribution in [0.15, 0.2) is 16.6 Å². The molecule has 0 radical (unpaired) electrons. The fourth-order valence-electron chi connectivity index (χ4n) is 2.00. The third kappa shape index (κ3) is 2.29. The van der Waals surface area contributed by atoms with Crippen LogP contribution >= 0.6 is 15.9 Å². The lowest BCUT2D eigenvalue weighted by Crippen LogP contribution is -2.23. The number of carbonyl (C=O) groups is 1. The third-order valence-corrected chi connectivity index (χ3v) is 3.62. The van der Waals surface area contributed by atoms with Crippen LogP contribution in [0.3, 0.4) is 0 Å². The largest absolute Gasteiger partial charge is 0.398 e. The van der Waals surface area contributed by atoms with E-state index in [1.165, 1.54) is 0 Å². The Morgan fingerprint density at radius 2 is 1.89 bits per heavy atom. The van der Waals surface area contributed by atoms with Gasteiger partial charge in [0, 0.05) is 23.2 Å². The Kier molecular flexibility index (Phi) is 3.47. The molecule has 2 atom stereocenters. The summed E-state index contributed by atoms with van der Waals surface area (Å²) in [4.78, 5) is 13.0. The predicted octanol–water partition coefficient (Wildman–Crippen LogP) is -0.328. The van der Waals surface area contributed by atoms with Gasteiger partial charge in [-0.3, -0.25) is 4.79 Å². The Hall–Kier alpha value is -1.31. The molecule has 0 spiro atoms. The van der Waals surface area contributed by atoms with Crippen molar-refractivity contribution in [3.63, 3.8) is 0 Å². The number of halogens is 1. The number of carbonyl (C=O) groups excluding carboxylic acids is 1. The monoisotopic (exact) mass is 315 g/mol. The van der Waals surface area contributed by atoms with Gasteiger partial charge in [-0.15, -0.1) is 0 Å². The zero-order valence-electron chi connectivity index (χ0n) is 9.51. The summed E-state index contributed by atoms with van der Waals surface area (Å²) in [5.41, 5.74) is 12.1. The number of benzene rings is 1. The van der Waals surface area contributed by atoms with Gasteiger partial charge in [-0.1, -0.05) is 0 Å².